The Labute approximate surface area is 237 Å². The van der Waals surface area contributed by atoms with Crippen LogP contribution < -0.4 is 9.64 Å². The molecule has 15 heteroatoms. The largest absolute Gasteiger partial charge is 0.488 e. The maximum Gasteiger partial charge on any atom is 0.420 e. The molecule has 2 heterocycles. The number of alkyl halides is 5. The number of carbonyl (C=O) groups is 1. The fourth-order valence-corrected chi connectivity index (χ4v) is 6.13. The molecule has 0 spiro atoms. The molecule has 0 unspecified atom stereocenters. The smallest absolute Gasteiger partial charge is 0.420 e. The van der Waals surface area contributed by atoms with Crippen molar-refractivity contribution in [3.8, 4) is 5.75 Å². The molecule has 2 aromatic carbocycles. The number of likely N-dealkylation sites (N-methyl/N-ethyl adjacent to an activating group) is 1. The molecule has 1 atom stereocenters. The zero-order valence-corrected chi connectivity index (χ0v) is 23.0. The first kappa shape index (κ1) is 31.1. The van der Waals surface area contributed by atoms with Crippen molar-refractivity contribution in [3.05, 3.63) is 77.4 Å². The van der Waals surface area contributed by atoms with Crippen molar-refractivity contribution in [2.75, 3.05) is 18.5 Å². The summed E-state index contributed by atoms with van der Waals surface area (Å²) in [5, 5.41) is 9.32. The maximum absolute atomic E-state index is 14.3. The maximum atomic E-state index is 14.3. The zero-order valence-electron chi connectivity index (χ0n) is 22.2. The minimum absolute atomic E-state index is 0.239. The summed E-state index contributed by atoms with van der Waals surface area (Å²) in [6, 6.07) is 8.80. The Hall–Kier alpha value is -3.85. The fraction of sp³-hybridized carbons (Fsp3) is 0.333. The molecule has 1 aromatic heterocycles. The molecule has 1 aliphatic rings. The van der Waals surface area contributed by atoms with Crippen molar-refractivity contribution in [2.24, 2.45) is 0 Å². The summed E-state index contributed by atoms with van der Waals surface area (Å²) < 4.78 is 118. The number of hydrogen-bond acceptors (Lipinski definition) is 6. The molecular weight excluding hydrogens is 592 g/mol. The Balaban J connectivity index is 1.89. The molecule has 0 fully saturated rings. The Bertz CT molecular complexity index is 1580. The van der Waals surface area contributed by atoms with Gasteiger partial charge in [-0.1, -0.05) is 18.2 Å². The van der Waals surface area contributed by atoms with Gasteiger partial charge < -0.3 is 14.7 Å². The molecule has 0 aliphatic carbocycles. The number of fused-ring (bicyclic) bond motifs is 1. The fourth-order valence-electron chi connectivity index (χ4n) is 4.57. The zero-order chi connectivity index (χ0) is 31.0. The highest BCUT2D eigenvalue weighted by Gasteiger charge is 2.42. The number of halogens is 6. The van der Waals surface area contributed by atoms with E-state index < -0.39 is 80.4 Å². The van der Waals surface area contributed by atoms with Crippen LogP contribution in [0.4, 0.5) is 37.7 Å². The number of aromatic nitrogens is 1. The van der Waals surface area contributed by atoms with Crippen molar-refractivity contribution in [1.82, 2.24) is 9.29 Å². The van der Waals surface area contributed by atoms with Gasteiger partial charge in [-0.25, -0.2) is 31.4 Å². The van der Waals surface area contributed by atoms with Crippen LogP contribution in [-0.4, -0.2) is 54.3 Å². The van der Waals surface area contributed by atoms with Gasteiger partial charge in [-0.15, -0.1) is 0 Å². The first-order valence-electron chi connectivity index (χ1n) is 12.4. The topological polar surface area (TPSA) is 100 Å². The molecule has 42 heavy (non-hydrogen) atoms. The van der Waals surface area contributed by atoms with E-state index in [1.54, 1.807) is 18.2 Å². The van der Waals surface area contributed by atoms with Crippen LogP contribution in [0.2, 0.25) is 0 Å². The van der Waals surface area contributed by atoms with Gasteiger partial charge in [0.15, 0.2) is 5.69 Å². The molecule has 0 saturated heterocycles. The third kappa shape index (κ3) is 6.62. The summed E-state index contributed by atoms with van der Waals surface area (Å²) in [5.74, 6) is -6.64. The second kappa shape index (κ2) is 11.4. The number of aromatic carboxylic acids is 1. The van der Waals surface area contributed by atoms with E-state index in [9.17, 15) is 44.7 Å². The predicted octanol–water partition coefficient (Wildman–Crippen LogP) is 6.09. The lowest BCUT2D eigenvalue weighted by Gasteiger charge is -2.30. The minimum Gasteiger partial charge on any atom is -0.488 e. The summed E-state index contributed by atoms with van der Waals surface area (Å²) in [7, 11) is -3.42. The molecule has 1 aliphatic heterocycles. The highest BCUT2D eigenvalue weighted by atomic mass is 32.2. The number of carboxylic acid groups (broad SMARTS) is 1. The van der Waals surface area contributed by atoms with Gasteiger partial charge in [0.25, 0.3) is 0 Å². The van der Waals surface area contributed by atoms with E-state index in [2.05, 4.69) is 4.98 Å². The first-order chi connectivity index (χ1) is 19.5. The molecular formula is C27H25F6N3O5S. The molecule has 3 aromatic rings. The number of para-hydroxylation sites is 1. The molecule has 0 saturated carbocycles. The van der Waals surface area contributed by atoms with Crippen LogP contribution in [0.5, 0.6) is 5.75 Å². The van der Waals surface area contributed by atoms with E-state index in [0.717, 1.165) is 17.4 Å². The molecule has 0 amide bonds. The molecule has 4 rings (SSSR count). The Morgan fingerprint density at radius 2 is 1.79 bits per heavy atom. The van der Waals surface area contributed by atoms with Gasteiger partial charge in [-0.05, 0) is 37.6 Å². The van der Waals surface area contributed by atoms with E-state index in [-0.39, 0.29) is 18.7 Å². The van der Waals surface area contributed by atoms with Gasteiger partial charge in [0.2, 0.25) is 15.9 Å². The monoisotopic (exact) mass is 617 g/mol. The number of pyridine rings is 1. The lowest BCUT2D eigenvalue weighted by atomic mass is 10.1. The van der Waals surface area contributed by atoms with Gasteiger partial charge in [0.05, 0.1) is 17.4 Å². The Morgan fingerprint density at radius 3 is 2.38 bits per heavy atom. The summed E-state index contributed by atoms with van der Waals surface area (Å²) in [6.07, 6.45) is -5.43. The molecule has 0 bridgehead atoms. The van der Waals surface area contributed by atoms with Crippen LogP contribution in [0.3, 0.4) is 0 Å². The van der Waals surface area contributed by atoms with Crippen LogP contribution in [0.1, 0.15) is 41.4 Å². The summed E-state index contributed by atoms with van der Waals surface area (Å²) in [6.45, 7) is -0.441. The lowest BCUT2D eigenvalue weighted by Crippen LogP contribution is -2.41. The third-order valence-electron chi connectivity index (χ3n) is 6.73. The lowest BCUT2D eigenvalue weighted by molar-refractivity contribution is -0.139. The van der Waals surface area contributed by atoms with Crippen LogP contribution in [0.25, 0.3) is 0 Å². The average molecular weight is 618 g/mol. The van der Waals surface area contributed by atoms with Gasteiger partial charge in [-0.2, -0.15) is 17.5 Å². The number of benzene rings is 2. The first-order valence-corrected chi connectivity index (χ1v) is 13.9. The number of nitrogens with zero attached hydrogens (tertiary/aromatic N) is 3. The van der Waals surface area contributed by atoms with E-state index >= 15 is 0 Å². The average Bonchev–Trinajstić information content (AvgIpc) is 2.98. The molecule has 1 N–H and O–H groups in total. The van der Waals surface area contributed by atoms with E-state index in [4.69, 9.17) is 4.74 Å². The Kier molecular flexibility index (Phi) is 8.47. The number of rotatable bonds is 8. The van der Waals surface area contributed by atoms with Crippen molar-refractivity contribution < 1.29 is 49.4 Å². The standard InChI is InChI=1S/C27H25F6N3O5S/c1-26(29,30)9-8-19-14-36(18-6-4-3-5-7-18)21-11-20(27(31,32)33)22(12-23(21)42(39,40)35(19)2)41-15-16-10-17(28)13-34-24(16)25(37)38/h3-7,10-13,19H,8-9,14-15H2,1-2H3,(H,37,38)/t19-/m1/s1. The number of sulfonamides is 1. The summed E-state index contributed by atoms with van der Waals surface area (Å²) >= 11 is 0. The predicted molar refractivity (Wildman–Crippen MR) is 139 cm³/mol. The van der Waals surface area contributed by atoms with Crippen LogP contribution in [0.15, 0.2) is 59.6 Å². The van der Waals surface area contributed by atoms with Gasteiger partial charge in [-0.3, -0.25) is 0 Å². The summed E-state index contributed by atoms with van der Waals surface area (Å²) in [5.41, 5.74) is -2.50. The summed E-state index contributed by atoms with van der Waals surface area (Å²) in [4.78, 5) is 15.6. The second-order valence-corrected chi connectivity index (χ2v) is 11.8. The van der Waals surface area contributed by atoms with E-state index in [0.29, 0.717) is 30.9 Å². The van der Waals surface area contributed by atoms with Crippen molar-refractivity contribution >= 4 is 27.4 Å². The number of ether oxygens (including phenoxy) is 1. The molecule has 8 nitrogen and oxygen atoms in total. The van der Waals surface area contributed by atoms with Crippen molar-refractivity contribution in [2.45, 2.75) is 49.4 Å². The number of hydrogen-bond donors (Lipinski definition) is 1. The third-order valence-corrected chi connectivity index (χ3v) is 8.66. The van der Waals surface area contributed by atoms with Crippen LogP contribution >= 0.6 is 0 Å². The minimum atomic E-state index is -5.08. The number of anilines is 2. The normalized spacial score (nSPS) is 17.4. The molecule has 226 valence electrons. The van der Waals surface area contributed by atoms with E-state index in [1.165, 1.54) is 17.0 Å². The quantitative estimate of drug-likeness (QED) is 0.305. The van der Waals surface area contributed by atoms with Gasteiger partial charge in [0.1, 0.15) is 23.1 Å². The van der Waals surface area contributed by atoms with Crippen LogP contribution in [-0.2, 0) is 22.8 Å². The van der Waals surface area contributed by atoms with E-state index in [1.807, 2.05) is 0 Å². The highest BCUT2D eigenvalue weighted by molar-refractivity contribution is 7.89. The van der Waals surface area contributed by atoms with Gasteiger partial charge in [0, 0.05) is 43.4 Å². The number of carboxylic acids is 1. The second-order valence-electron chi connectivity index (χ2n) is 9.80. The van der Waals surface area contributed by atoms with Crippen LogP contribution in [0, 0.1) is 5.82 Å². The SMILES string of the molecule is CN1[C@H](CCC(C)(F)F)CN(c2ccccc2)c2cc(C(F)(F)F)c(OCc3cc(F)cnc3C(=O)O)cc2S1(=O)=O. The Morgan fingerprint density at radius 1 is 1.12 bits per heavy atom. The van der Waals surface area contributed by atoms with Gasteiger partial charge >= 0.3 is 12.1 Å². The molecule has 0 radical (unpaired) electrons. The highest BCUT2D eigenvalue weighted by Crippen LogP contribution is 2.46. The van der Waals surface area contributed by atoms with Crippen molar-refractivity contribution in [3.63, 3.8) is 0 Å². The van der Waals surface area contributed by atoms with Crippen molar-refractivity contribution in [1.29, 1.82) is 0 Å².